The highest BCUT2D eigenvalue weighted by molar-refractivity contribution is 9.10. The molecule has 0 aromatic heterocycles. The quantitative estimate of drug-likeness (QED) is 0.770. The normalized spacial score (nSPS) is 10.2. The van der Waals surface area contributed by atoms with E-state index >= 15 is 0 Å². The SMILES string of the molecule is CC(C)CNC(=O)COC(=O)COc1cccc(Br)c1. The standard InChI is InChI=1S/C14H18BrNO4/c1-10(2)7-16-13(17)8-20-14(18)9-19-12-5-3-4-11(15)6-12/h3-6,10H,7-9H2,1-2H3,(H,16,17). The monoisotopic (exact) mass is 343 g/mol. The largest absolute Gasteiger partial charge is 0.482 e. The topological polar surface area (TPSA) is 64.6 Å². The van der Waals surface area contributed by atoms with Crippen molar-refractivity contribution in [3.8, 4) is 5.75 Å². The van der Waals surface area contributed by atoms with Gasteiger partial charge in [-0.25, -0.2) is 4.79 Å². The van der Waals surface area contributed by atoms with Gasteiger partial charge >= 0.3 is 5.97 Å². The zero-order chi connectivity index (χ0) is 15.0. The van der Waals surface area contributed by atoms with Crippen molar-refractivity contribution in [1.82, 2.24) is 5.32 Å². The number of carbonyl (C=O) groups excluding carboxylic acids is 2. The van der Waals surface area contributed by atoms with Crippen LogP contribution in [0, 0.1) is 5.92 Å². The van der Waals surface area contributed by atoms with Crippen molar-refractivity contribution in [2.24, 2.45) is 5.92 Å². The lowest BCUT2D eigenvalue weighted by atomic mass is 10.2. The predicted molar refractivity (Wildman–Crippen MR) is 78.4 cm³/mol. The highest BCUT2D eigenvalue weighted by Crippen LogP contribution is 2.17. The van der Waals surface area contributed by atoms with E-state index in [4.69, 9.17) is 9.47 Å². The molecule has 0 saturated carbocycles. The number of benzene rings is 1. The van der Waals surface area contributed by atoms with Gasteiger partial charge in [0.2, 0.25) is 0 Å². The number of hydrogen-bond acceptors (Lipinski definition) is 4. The average molecular weight is 344 g/mol. The van der Waals surface area contributed by atoms with E-state index in [1.807, 2.05) is 19.9 Å². The zero-order valence-electron chi connectivity index (χ0n) is 11.5. The van der Waals surface area contributed by atoms with Gasteiger partial charge in [0.25, 0.3) is 5.91 Å². The Hall–Kier alpha value is -1.56. The van der Waals surface area contributed by atoms with Crippen LogP contribution in [0.2, 0.25) is 0 Å². The summed E-state index contributed by atoms with van der Waals surface area (Å²) in [6.07, 6.45) is 0. The van der Waals surface area contributed by atoms with Crippen LogP contribution < -0.4 is 10.1 Å². The number of rotatable bonds is 7. The number of ether oxygens (including phenoxy) is 2. The minimum atomic E-state index is -0.579. The van der Waals surface area contributed by atoms with Crippen molar-refractivity contribution in [3.05, 3.63) is 28.7 Å². The van der Waals surface area contributed by atoms with Crippen LogP contribution in [0.1, 0.15) is 13.8 Å². The molecule has 0 heterocycles. The fourth-order valence-electron chi connectivity index (χ4n) is 1.26. The second kappa shape index (κ2) is 8.58. The van der Waals surface area contributed by atoms with Crippen LogP contribution in [-0.2, 0) is 14.3 Å². The van der Waals surface area contributed by atoms with Gasteiger partial charge in [0, 0.05) is 11.0 Å². The van der Waals surface area contributed by atoms with Gasteiger partial charge in [-0.3, -0.25) is 4.79 Å². The third-order valence-corrected chi connectivity index (χ3v) is 2.72. The molecule has 1 rings (SSSR count). The maximum atomic E-state index is 11.4. The maximum absolute atomic E-state index is 11.4. The van der Waals surface area contributed by atoms with Crippen molar-refractivity contribution >= 4 is 27.8 Å². The lowest BCUT2D eigenvalue weighted by Crippen LogP contribution is -2.32. The molecule has 0 saturated heterocycles. The summed E-state index contributed by atoms with van der Waals surface area (Å²) in [7, 11) is 0. The Balaban J connectivity index is 2.22. The van der Waals surface area contributed by atoms with Gasteiger partial charge in [-0.2, -0.15) is 0 Å². The van der Waals surface area contributed by atoms with Gasteiger partial charge in [-0.05, 0) is 24.1 Å². The molecule has 5 nitrogen and oxygen atoms in total. The summed E-state index contributed by atoms with van der Waals surface area (Å²) < 4.78 is 10.9. The van der Waals surface area contributed by atoms with E-state index in [1.54, 1.807) is 18.2 Å². The molecule has 0 fully saturated rings. The minimum Gasteiger partial charge on any atom is -0.482 e. The van der Waals surface area contributed by atoms with Crippen LogP contribution in [0.25, 0.3) is 0 Å². The fourth-order valence-corrected chi connectivity index (χ4v) is 1.63. The molecular weight excluding hydrogens is 326 g/mol. The van der Waals surface area contributed by atoms with Gasteiger partial charge in [-0.1, -0.05) is 35.8 Å². The molecule has 0 bridgehead atoms. The summed E-state index contributed by atoms with van der Waals surface area (Å²) in [5, 5.41) is 2.66. The molecule has 0 aliphatic rings. The number of amides is 1. The van der Waals surface area contributed by atoms with Crippen molar-refractivity contribution in [2.75, 3.05) is 19.8 Å². The number of halogens is 1. The van der Waals surface area contributed by atoms with Gasteiger partial charge in [0.1, 0.15) is 5.75 Å². The van der Waals surface area contributed by atoms with Gasteiger partial charge < -0.3 is 14.8 Å². The van der Waals surface area contributed by atoms with Crippen LogP contribution in [-0.4, -0.2) is 31.6 Å². The Morgan fingerprint density at radius 1 is 1.30 bits per heavy atom. The Bertz CT molecular complexity index is 462. The molecule has 0 aliphatic heterocycles. The van der Waals surface area contributed by atoms with Crippen LogP contribution >= 0.6 is 15.9 Å². The highest BCUT2D eigenvalue weighted by Gasteiger charge is 2.08. The number of hydrogen-bond donors (Lipinski definition) is 1. The van der Waals surface area contributed by atoms with E-state index in [0.29, 0.717) is 18.2 Å². The molecule has 1 N–H and O–H groups in total. The molecule has 1 aromatic rings. The first-order valence-corrected chi connectivity index (χ1v) is 7.07. The van der Waals surface area contributed by atoms with E-state index in [0.717, 1.165) is 4.47 Å². The molecule has 1 amide bonds. The fraction of sp³-hybridized carbons (Fsp3) is 0.429. The molecular formula is C14H18BrNO4. The summed E-state index contributed by atoms with van der Waals surface area (Å²) in [4.78, 5) is 22.7. The van der Waals surface area contributed by atoms with E-state index < -0.39 is 5.97 Å². The second-order valence-electron chi connectivity index (χ2n) is 4.60. The van der Waals surface area contributed by atoms with Gasteiger partial charge in [-0.15, -0.1) is 0 Å². The molecule has 0 aliphatic carbocycles. The Morgan fingerprint density at radius 2 is 2.05 bits per heavy atom. The van der Waals surface area contributed by atoms with E-state index in [-0.39, 0.29) is 19.1 Å². The first-order chi connectivity index (χ1) is 9.47. The van der Waals surface area contributed by atoms with E-state index in [2.05, 4.69) is 21.2 Å². The molecule has 0 spiro atoms. The third-order valence-electron chi connectivity index (χ3n) is 2.22. The lowest BCUT2D eigenvalue weighted by Gasteiger charge is -2.09. The summed E-state index contributed by atoms with van der Waals surface area (Å²) in [5.41, 5.74) is 0. The van der Waals surface area contributed by atoms with Crippen LogP contribution in [0.5, 0.6) is 5.75 Å². The minimum absolute atomic E-state index is 0.228. The molecule has 20 heavy (non-hydrogen) atoms. The number of nitrogens with one attached hydrogen (secondary N) is 1. The average Bonchev–Trinajstić information content (AvgIpc) is 2.40. The first kappa shape index (κ1) is 16.5. The maximum Gasteiger partial charge on any atom is 0.344 e. The molecule has 0 atom stereocenters. The third kappa shape index (κ3) is 7.13. The lowest BCUT2D eigenvalue weighted by molar-refractivity contribution is -0.150. The molecule has 110 valence electrons. The van der Waals surface area contributed by atoms with Crippen molar-refractivity contribution in [2.45, 2.75) is 13.8 Å². The van der Waals surface area contributed by atoms with Gasteiger partial charge in [0.05, 0.1) is 0 Å². The molecule has 1 aromatic carbocycles. The molecule has 0 radical (unpaired) electrons. The Labute approximate surface area is 126 Å². The van der Waals surface area contributed by atoms with E-state index in [9.17, 15) is 9.59 Å². The first-order valence-electron chi connectivity index (χ1n) is 6.28. The smallest absolute Gasteiger partial charge is 0.344 e. The number of carbonyl (C=O) groups is 2. The number of esters is 1. The highest BCUT2D eigenvalue weighted by atomic mass is 79.9. The van der Waals surface area contributed by atoms with Crippen LogP contribution in [0.3, 0.4) is 0 Å². The second-order valence-corrected chi connectivity index (χ2v) is 5.52. The summed E-state index contributed by atoms with van der Waals surface area (Å²) >= 11 is 3.30. The zero-order valence-corrected chi connectivity index (χ0v) is 13.1. The molecule has 0 unspecified atom stereocenters. The van der Waals surface area contributed by atoms with E-state index in [1.165, 1.54) is 0 Å². The van der Waals surface area contributed by atoms with Crippen LogP contribution in [0.4, 0.5) is 0 Å². The Morgan fingerprint density at radius 3 is 2.70 bits per heavy atom. The summed E-state index contributed by atoms with van der Waals surface area (Å²) in [6, 6.07) is 7.12. The van der Waals surface area contributed by atoms with Crippen molar-refractivity contribution in [1.29, 1.82) is 0 Å². The Kier molecular flexibility index (Phi) is 7.08. The summed E-state index contributed by atoms with van der Waals surface area (Å²) in [6.45, 7) is 4.02. The predicted octanol–water partition coefficient (Wildman–Crippen LogP) is 2.14. The van der Waals surface area contributed by atoms with Crippen molar-refractivity contribution in [3.63, 3.8) is 0 Å². The van der Waals surface area contributed by atoms with Crippen molar-refractivity contribution < 1.29 is 19.1 Å². The molecule has 6 heteroatoms. The van der Waals surface area contributed by atoms with Gasteiger partial charge in [0.15, 0.2) is 13.2 Å². The summed E-state index contributed by atoms with van der Waals surface area (Å²) in [5.74, 6) is 0.0225. The van der Waals surface area contributed by atoms with Crippen LogP contribution in [0.15, 0.2) is 28.7 Å².